The number of unbranched alkanes of at least 4 members (excludes halogenated alkanes) is 2. The first kappa shape index (κ1) is 33.4. The summed E-state index contributed by atoms with van der Waals surface area (Å²) in [6.45, 7) is 1.56. The van der Waals surface area contributed by atoms with Gasteiger partial charge in [0, 0.05) is 18.6 Å². The molecule has 0 radical (unpaired) electrons. The van der Waals surface area contributed by atoms with E-state index in [-0.39, 0.29) is 6.29 Å². The number of hydrogen-bond acceptors (Lipinski definition) is 4. The minimum absolute atomic E-state index is 0.122. The summed E-state index contributed by atoms with van der Waals surface area (Å²) in [6, 6.07) is 41.8. The van der Waals surface area contributed by atoms with Crippen LogP contribution < -0.4 is 4.74 Å². The van der Waals surface area contributed by atoms with Crippen LogP contribution >= 0.6 is 11.8 Å². The molecule has 4 aromatic carbocycles. The summed E-state index contributed by atoms with van der Waals surface area (Å²) in [5.74, 6) is 5.35. The lowest BCUT2D eigenvalue weighted by atomic mass is 9.71. The Morgan fingerprint density at radius 3 is 2.13 bits per heavy atom. The van der Waals surface area contributed by atoms with Gasteiger partial charge in [0.1, 0.15) is 5.75 Å². The van der Waals surface area contributed by atoms with Crippen molar-refractivity contribution >= 4 is 11.8 Å². The maximum Gasteiger partial charge on any atom is 0.199 e. The lowest BCUT2D eigenvalue weighted by molar-refractivity contribution is -0.140. The number of benzene rings is 4. The van der Waals surface area contributed by atoms with Crippen LogP contribution in [0, 0.1) is 5.92 Å². The van der Waals surface area contributed by atoms with E-state index in [1.54, 1.807) is 0 Å². The van der Waals surface area contributed by atoms with Crippen molar-refractivity contribution in [2.24, 2.45) is 5.92 Å². The van der Waals surface area contributed by atoms with Crippen molar-refractivity contribution in [3.05, 3.63) is 149 Å². The van der Waals surface area contributed by atoms with Gasteiger partial charge in [-0.1, -0.05) is 103 Å². The molecule has 47 heavy (non-hydrogen) atoms. The van der Waals surface area contributed by atoms with Crippen LogP contribution in [0.3, 0.4) is 0 Å². The molecule has 3 nitrogen and oxygen atoms in total. The quantitative estimate of drug-likeness (QED) is 0.120. The topological polar surface area (TPSA) is 27.7 Å². The molecule has 1 aliphatic carbocycles. The molecule has 4 aromatic rings. The van der Waals surface area contributed by atoms with E-state index in [4.69, 9.17) is 14.2 Å². The van der Waals surface area contributed by atoms with E-state index < -0.39 is 0 Å². The van der Waals surface area contributed by atoms with Crippen molar-refractivity contribution in [2.75, 3.05) is 19.0 Å². The Labute approximate surface area is 286 Å². The van der Waals surface area contributed by atoms with Crippen molar-refractivity contribution in [1.82, 2.24) is 0 Å². The third-order valence-corrected chi connectivity index (χ3v) is 10.7. The molecular formula is C43H50O3S. The molecule has 4 unspecified atom stereocenters. The van der Waals surface area contributed by atoms with E-state index in [1.807, 2.05) is 11.8 Å². The van der Waals surface area contributed by atoms with Gasteiger partial charge in [0.15, 0.2) is 6.29 Å². The van der Waals surface area contributed by atoms with Gasteiger partial charge in [-0.15, -0.1) is 0 Å². The Bertz CT molecular complexity index is 1470. The smallest absolute Gasteiger partial charge is 0.199 e. The van der Waals surface area contributed by atoms with Crippen LogP contribution in [0.2, 0.25) is 0 Å². The van der Waals surface area contributed by atoms with Crippen LogP contribution in [0.1, 0.15) is 85.5 Å². The molecule has 2 aliphatic rings. The summed E-state index contributed by atoms with van der Waals surface area (Å²) in [5, 5.41) is 0. The fraction of sp³-hybridized carbons (Fsp3) is 0.395. The Kier molecular flexibility index (Phi) is 12.9. The molecule has 4 heteroatoms. The van der Waals surface area contributed by atoms with Gasteiger partial charge in [-0.05, 0) is 109 Å². The monoisotopic (exact) mass is 646 g/mol. The second-order valence-electron chi connectivity index (χ2n) is 13.0. The lowest BCUT2D eigenvalue weighted by Gasteiger charge is -2.32. The summed E-state index contributed by atoms with van der Waals surface area (Å²) in [5.41, 5.74) is 5.55. The first-order valence-electron chi connectivity index (χ1n) is 17.7. The van der Waals surface area contributed by atoms with Crippen LogP contribution in [-0.4, -0.2) is 25.3 Å². The van der Waals surface area contributed by atoms with Gasteiger partial charge in [-0.3, -0.25) is 0 Å². The Morgan fingerprint density at radius 1 is 0.681 bits per heavy atom. The lowest BCUT2D eigenvalue weighted by Crippen LogP contribution is -2.22. The third-order valence-electron chi connectivity index (χ3n) is 9.54. The number of hydrogen-bond donors (Lipinski definition) is 0. The molecule has 246 valence electrons. The second-order valence-corrected chi connectivity index (χ2v) is 14.1. The molecule has 6 rings (SSSR count). The molecule has 1 heterocycles. The third kappa shape index (κ3) is 10.3. The highest BCUT2D eigenvalue weighted by molar-refractivity contribution is 7.98. The highest BCUT2D eigenvalue weighted by Gasteiger charge is 2.34. The van der Waals surface area contributed by atoms with E-state index in [0.29, 0.717) is 17.8 Å². The molecule has 1 fully saturated rings. The van der Waals surface area contributed by atoms with E-state index >= 15 is 0 Å². The fourth-order valence-electron chi connectivity index (χ4n) is 7.12. The number of allylic oxidation sites excluding steroid dienone is 2. The average molecular weight is 647 g/mol. The molecule has 1 aliphatic heterocycles. The summed E-state index contributed by atoms with van der Waals surface area (Å²) in [7, 11) is 0. The minimum Gasteiger partial charge on any atom is -0.494 e. The molecule has 0 amide bonds. The zero-order valence-corrected chi connectivity index (χ0v) is 28.5. The van der Waals surface area contributed by atoms with E-state index in [9.17, 15) is 0 Å². The molecule has 0 spiro atoms. The van der Waals surface area contributed by atoms with Crippen molar-refractivity contribution < 1.29 is 14.2 Å². The van der Waals surface area contributed by atoms with Crippen LogP contribution in [0.15, 0.2) is 127 Å². The molecular weight excluding hydrogens is 597 g/mol. The van der Waals surface area contributed by atoms with Gasteiger partial charge in [0.2, 0.25) is 0 Å². The van der Waals surface area contributed by atoms with Crippen LogP contribution in [0.25, 0.3) is 0 Å². The first-order chi connectivity index (χ1) is 23.3. The normalized spacial score (nSPS) is 21.4. The van der Waals surface area contributed by atoms with Gasteiger partial charge in [-0.2, -0.15) is 11.8 Å². The van der Waals surface area contributed by atoms with Crippen LogP contribution in [0.4, 0.5) is 0 Å². The van der Waals surface area contributed by atoms with Crippen molar-refractivity contribution in [3.63, 3.8) is 0 Å². The zero-order valence-electron chi connectivity index (χ0n) is 27.7. The van der Waals surface area contributed by atoms with Crippen molar-refractivity contribution in [1.29, 1.82) is 0 Å². The zero-order chi connectivity index (χ0) is 31.9. The Hall–Kier alpha value is -3.47. The van der Waals surface area contributed by atoms with E-state index in [1.165, 1.54) is 47.3 Å². The molecule has 0 aromatic heterocycles. The standard InChI is InChI=1S/C43H50O3S/c1-5-15-34(16-6-1)31-38-32-40(46-42-21-11-13-29-45-42)26-27-41(43(38)37-19-9-3-10-20-37)36-22-24-39(25-23-36)44-28-12-4-14-30-47-33-35-17-7-2-8-18-35/h1-3,5-10,15-20,22-25,32,38,41-43H,4,11-14,21,26-31,33H2. The summed E-state index contributed by atoms with van der Waals surface area (Å²) >= 11 is 2.03. The largest absolute Gasteiger partial charge is 0.494 e. The number of rotatable bonds is 15. The highest BCUT2D eigenvalue weighted by Crippen LogP contribution is 2.47. The summed E-state index contributed by atoms with van der Waals surface area (Å²) in [6.07, 6.45) is 12.0. The molecule has 0 N–H and O–H groups in total. The predicted molar refractivity (Wildman–Crippen MR) is 196 cm³/mol. The predicted octanol–water partition coefficient (Wildman–Crippen LogP) is 11.1. The second kappa shape index (κ2) is 18.2. The maximum absolute atomic E-state index is 6.59. The van der Waals surface area contributed by atoms with E-state index in [0.717, 1.165) is 69.0 Å². The van der Waals surface area contributed by atoms with Gasteiger partial charge in [0.25, 0.3) is 0 Å². The Morgan fingerprint density at radius 2 is 1.40 bits per heavy atom. The summed E-state index contributed by atoms with van der Waals surface area (Å²) in [4.78, 5) is 0. The van der Waals surface area contributed by atoms with Crippen molar-refractivity contribution in [2.45, 2.75) is 81.7 Å². The number of thioether (sulfide) groups is 1. The Balaban J connectivity index is 1.11. The average Bonchev–Trinajstić information content (AvgIpc) is 3.30. The van der Waals surface area contributed by atoms with Crippen molar-refractivity contribution in [3.8, 4) is 5.75 Å². The SMILES string of the molecule is C1=C(OC2CCCCO2)CCC(c2ccc(OCCCCCSCc3ccccc3)cc2)C(c2ccccc2)C1Cc1ccccc1. The molecule has 4 atom stereocenters. The van der Waals surface area contributed by atoms with Crippen LogP contribution in [-0.2, 0) is 21.6 Å². The highest BCUT2D eigenvalue weighted by atomic mass is 32.2. The van der Waals surface area contributed by atoms with E-state index in [2.05, 4.69) is 121 Å². The first-order valence-corrected chi connectivity index (χ1v) is 18.9. The molecule has 0 saturated carbocycles. The van der Waals surface area contributed by atoms with Gasteiger partial charge in [0.05, 0.1) is 19.0 Å². The van der Waals surface area contributed by atoms with Gasteiger partial charge < -0.3 is 14.2 Å². The molecule has 0 bridgehead atoms. The fourth-order valence-corrected chi connectivity index (χ4v) is 8.10. The maximum atomic E-state index is 6.59. The summed E-state index contributed by atoms with van der Waals surface area (Å²) < 4.78 is 18.8. The van der Waals surface area contributed by atoms with Crippen LogP contribution in [0.5, 0.6) is 5.75 Å². The van der Waals surface area contributed by atoms with Gasteiger partial charge >= 0.3 is 0 Å². The molecule has 1 saturated heterocycles. The minimum atomic E-state index is -0.122. The van der Waals surface area contributed by atoms with Gasteiger partial charge in [-0.25, -0.2) is 0 Å². The number of ether oxygens (including phenoxy) is 3.